The topological polar surface area (TPSA) is 56.5 Å². The van der Waals surface area contributed by atoms with Crippen LogP contribution in [0.5, 0.6) is 0 Å². The van der Waals surface area contributed by atoms with Gasteiger partial charge in [0.15, 0.2) is 0 Å². The average Bonchev–Trinajstić information content (AvgIpc) is 2.14. The molecular weight excluding hydrogens is 156 g/mol. The Morgan fingerprint density at radius 1 is 1.42 bits per heavy atom. The predicted octanol–water partition coefficient (Wildman–Crippen LogP) is -0.660. The first-order chi connectivity index (χ1) is 5.93. The van der Waals surface area contributed by atoms with E-state index in [1.165, 1.54) is 0 Å². The van der Waals surface area contributed by atoms with Crippen molar-refractivity contribution in [3.63, 3.8) is 0 Å². The molecule has 1 unspecified atom stereocenters. The highest BCUT2D eigenvalue weighted by Crippen LogP contribution is 1.98. The van der Waals surface area contributed by atoms with Crippen LogP contribution in [0.4, 0.5) is 0 Å². The number of nitrogens with one attached hydrogen (secondary N) is 1. The summed E-state index contributed by atoms with van der Waals surface area (Å²) in [5, 5.41) is 3.27. The lowest BCUT2D eigenvalue weighted by Crippen LogP contribution is -2.37. The molecule has 0 aromatic rings. The van der Waals surface area contributed by atoms with E-state index in [1.807, 2.05) is 0 Å². The molecule has 4 nitrogen and oxygen atoms in total. The Morgan fingerprint density at radius 3 is 3.00 bits per heavy atom. The molecule has 1 saturated heterocycles. The highest BCUT2D eigenvalue weighted by Gasteiger charge is 2.12. The third-order valence-electron chi connectivity index (χ3n) is 1.81. The number of hydrogen-bond acceptors (Lipinski definition) is 4. The van der Waals surface area contributed by atoms with E-state index in [1.54, 1.807) is 0 Å². The maximum atomic E-state index is 5.44. The minimum absolute atomic E-state index is 0.233. The highest BCUT2D eigenvalue weighted by atomic mass is 16.6. The molecular formula is C8H18N2O2. The summed E-state index contributed by atoms with van der Waals surface area (Å²) in [5.41, 5.74) is 5.35. The molecule has 0 bridgehead atoms. The molecule has 0 amide bonds. The smallest absolute Gasteiger partial charge is 0.0933 e. The highest BCUT2D eigenvalue weighted by molar-refractivity contribution is 4.63. The second-order valence-electron chi connectivity index (χ2n) is 2.91. The third kappa shape index (κ3) is 4.01. The number of ether oxygens (including phenoxy) is 2. The Morgan fingerprint density at radius 2 is 2.33 bits per heavy atom. The normalized spacial score (nSPS) is 24.2. The van der Waals surface area contributed by atoms with Gasteiger partial charge in [0.1, 0.15) is 0 Å². The third-order valence-corrected chi connectivity index (χ3v) is 1.81. The van der Waals surface area contributed by atoms with Crippen molar-refractivity contribution < 1.29 is 9.47 Å². The van der Waals surface area contributed by atoms with E-state index in [2.05, 4.69) is 5.32 Å². The fourth-order valence-corrected chi connectivity index (χ4v) is 1.14. The Balaban J connectivity index is 1.91. The molecule has 0 saturated carbocycles. The van der Waals surface area contributed by atoms with Crippen LogP contribution in [0.15, 0.2) is 0 Å². The maximum Gasteiger partial charge on any atom is 0.0933 e. The molecule has 12 heavy (non-hydrogen) atoms. The summed E-state index contributed by atoms with van der Waals surface area (Å²) in [7, 11) is 0. The van der Waals surface area contributed by atoms with Crippen molar-refractivity contribution in [2.75, 3.05) is 39.5 Å². The molecule has 1 rings (SSSR count). The van der Waals surface area contributed by atoms with E-state index in [-0.39, 0.29) is 6.10 Å². The van der Waals surface area contributed by atoms with Crippen LogP contribution in [0.25, 0.3) is 0 Å². The molecule has 1 fully saturated rings. The standard InChI is InChI=1S/C8H18N2O2/c9-2-1-3-10-6-8-7-11-4-5-12-8/h8,10H,1-7,9H2. The Bertz CT molecular complexity index is 105. The van der Waals surface area contributed by atoms with Crippen molar-refractivity contribution in [1.82, 2.24) is 5.32 Å². The van der Waals surface area contributed by atoms with Crippen LogP contribution in [0, 0.1) is 0 Å². The molecule has 1 atom stereocenters. The van der Waals surface area contributed by atoms with Gasteiger partial charge in [-0.1, -0.05) is 0 Å². The van der Waals surface area contributed by atoms with E-state index < -0.39 is 0 Å². The molecule has 0 radical (unpaired) electrons. The van der Waals surface area contributed by atoms with E-state index in [9.17, 15) is 0 Å². The van der Waals surface area contributed by atoms with Crippen LogP contribution in [0.2, 0.25) is 0 Å². The fraction of sp³-hybridized carbons (Fsp3) is 1.00. The van der Waals surface area contributed by atoms with E-state index in [0.717, 1.165) is 45.9 Å². The molecule has 0 spiro atoms. The van der Waals surface area contributed by atoms with Crippen LogP contribution in [-0.4, -0.2) is 45.6 Å². The van der Waals surface area contributed by atoms with E-state index >= 15 is 0 Å². The first-order valence-corrected chi connectivity index (χ1v) is 4.53. The SMILES string of the molecule is NCCCNCC1COCCO1. The van der Waals surface area contributed by atoms with Gasteiger partial charge in [0.05, 0.1) is 25.9 Å². The monoisotopic (exact) mass is 174 g/mol. The molecule has 3 N–H and O–H groups in total. The van der Waals surface area contributed by atoms with Crippen LogP contribution in [0.3, 0.4) is 0 Å². The first-order valence-electron chi connectivity index (χ1n) is 4.53. The van der Waals surface area contributed by atoms with Gasteiger partial charge in [-0.2, -0.15) is 0 Å². The summed E-state index contributed by atoms with van der Waals surface area (Å²) in [6, 6.07) is 0. The van der Waals surface area contributed by atoms with E-state index in [0.29, 0.717) is 0 Å². The Labute approximate surface area is 73.4 Å². The van der Waals surface area contributed by atoms with Crippen molar-refractivity contribution in [2.24, 2.45) is 5.73 Å². The van der Waals surface area contributed by atoms with Gasteiger partial charge in [-0.25, -0.2) is 0 Å². The van der Waals surface area contributed by atoms with Crippen molar-refractivity contribution in [3.8, 4) is 0 Å². The van der Waals surface area contributed by atoms with Crippen molar-refractivity contribution in [1.29, 1.82) is 0 Å². The summed E-state index contributed by atoms with van der Waals surface area (Å²) in [4.78, 5) is 0. The largest absolute Gasteiger partial charge is 0.376 e. The summed E-state index contributed by atoms with van der Waals surface area (Å²) < 4.78 is 10.7. The lowest BCUT2D eigenvalue weighted by molar-refractivity contribution is -0.0862. The maximum absolute atomic E-state index is 5.44. The molecule has 0 aliphatic carbocycles. The van der Waals surface area contributed by atoms with Gasteiger partial charge in [0.25, 0.3) is 0 Å². The molecule has 0 aromatic heterocycles. The minimum Gasteiger partial charge on any atom is -0.376 e. The van der Waals surface area contributed by atoms with Crippen molar-refractivity contribution >= 4 is 0 Å². The molecule has 0 aromatic carbocycles. The second kappa shape index (κ2) is 6.37. The van der Waals surface area contributed by atoms with Crippen LogP contribution >= 0.6 is 0 Å². The van der Waals surface area contributed by atoms with Crippen LogP contribution < -0.4 is 11.1 Å². The number of hydrogen-bond donors (Lipinski definition) is 2. The van der Waals surface area contributed by atoms with Crippen LogP contribution in [-0.2, 0) is 9.47 Å². The zero-order valence-corrected chi connectivity index (χ0v) is 7.42. The van der Waals surface area contributed by atoms with Gasteiger partial charge in [0, 0.05) is 6.54 Å². The number of rotatable bonds is 5. The Hall–Kier alpha value is -0.160. The number of nitrogens with two attached hydrogens (primary N) is 1. The minimum atomic E-state index is 0.233. The van der Waals surface area contributed by atoms with Gasteiger partial charge < -0.3 is 20.5 Å². The summed E-state index contributed by atoms with van der Waals surface area (Å²) in [5.74, 6) is 0. The van der Waals surface area contributed by atoms with E-state index in [4.69, 9.17) is 15.2 Å². The van der Waals surface area contributed by atoms with Gasteiger partial charge in [-0.15, -0.1) is 0 Å². The van der Waals surface area contributed by atoms with Crippen molar-refractivity contribution in [2.45, 2.75) is 12.5 Å². The van der Waals surface area contributed by atoms with Gasteiger partial charge in [0.2, 0.25) is 0 Å². The second-order valence-corrected chi connectivity index (χ2v) is 2.91. The van der Waals surface area contributed by atoms with Gasteiger partial charge in [-0.05, 0) is 19.5 Å². The summed E-state index contributed by atoms with van der Waals surface area (Å²) >= 11 is 0. The van der Waals surface area contributed by atoms with Crippen molar-refractivity contribution in [3.05, 3.63) is 0 Å². The fourth-order valence-electron chi connectivity index (χ4n) is 1.14. The Kier molecular flexibility index (Phi) is 5.27. The quantitative estimate of drug-likeness (QED) is 0.543. The molecule has 1 aliphatic rings. The summed E-state index contributed by atoms with van der Waals surface area (Å²) in [6.45, 7) is 4.77. The predicted molar refractivity (Wildman–Crippen MR) is 47.1 cm³/mol. The first kappa shape index (κ1) is 9.92. The molecule has 72 valence electrons. The van der Waals surface area contributed by atoms with Gasteiger partial charge in [-0.3, -0.25) is 0 Å². The molecule has 1 aliphatic heterocycles. The zero-order valence-electron chi connectivity index (χ0n) is 7.42. The zero-order chi connectivity index (χ0) is 8.65. The molecule has 4 heteroatoms. The lowest BCUT2D eigenvalue weighted by Gasteiger charge is -2.23. The molecule has 1 heterocycles. The summed E-state index contributed by atoms with van der Waals surface area (Å²) in [6.07, 6.45) is 1.25. The average molecular weight is 174 g/mol. The van der Waals surface area contributed by atoms with Gasteiger partial charge >= 0.3 is 0 Å². The van der Waals surface area contributed by atoms with Crippen LogP contribution in [0.1, 0.15) is 6.42 Å². The lowest BCUT2D eigenvalue weighted by atomic mass is 10.3.